The zero-order valence-corrected chi connectivity index (χ0v) is 13.4. The number of rotatable bonds is 7. The first kappa shape index (κ1) is 16.6. The van der Waals surface area contributed by atoms with E-state index in [1.165, 1.54) is 5.56 Å². The van der Waals surface area contributed by atoms with Crippen molar-refractivity contribution in [3.63, 3.8) is 0 Å². The molecule has 0 radical (unpaired) electrons. The molecule has 22 heavy (non-hydrogen) atoms. The number of methoxy groups -OCH3 is 1. The van der Waals surface area contributed by atoms with E-state index in [1.54, 1.807) is 7.11 Å². The summed E-state index contributed by atoms with van der Waals surface area (Å²) in [4.78, 5) is 11.8. The molecule has 1 fully saturated rings. The molecule has 5 heteroatoms. The Morgan fingerprint density at radius 2 is 2.05 bits per heavy atom. The molecule has 0 heterocycles. The van der Waals surface area contributed by atoms with Gasteiger partial charge in [-0.05, 0) is 56.7 Å². The number of nitrogens with one attached hydrogen (secondary N) is 2. The van der Waals surface area contributed by atoms with Gasteiger partial charge < -0.3 is 20.5 Å². The van der Waals surface area contributed by atoms with Crippen LogP contribution in [0.4, 0.5) is 4.79 Å². The van der Waals surface area contributed by atoms with Crippen LogP contribution in [0.5, 0.6) is 5.75 Å². The molecule has 1 aliphatic rings. The first-order valence-electron chi connectivity index (χ1n) is 7.90. The molecule has 0 aromatic heterocycles. The van der Waals surface area contributed by atoms with E-state index in [2.05, 4.69) is 10.6 Å². The minimum absolute atomic E-state index is 0.0816. The predicted octanol–water partition coefficient (Wildman–Crippen LogP) is 2.23. The number of hydrogen-bond acceptors (Lipinski definition) is 3. The summed E-state index contributed by atoms with van der Waals surface area (Å²) in [6, 6.07) is 7.84. The summed E-state index contributed by atoms with van der Waals surface area (Å²) in [6.07, 6.45) is 4.36. The van der Waals surface area contributed by atoms with Crippen molar-refractivity contribution >= 4 is 6.03 Å². The van der Waals surface area contributed by atoms with Crippen LogP contribution < -0.4 is 15.4 Å². The van der Waals surface area contributed by atoms with Gasteiger partial charge in [0.05, 0.1) is 12.7 Å². The molecule has 1 aliphatic carbocycles. The number of carbonyl (C=O) groups is 1. The molecule has 0 spiro atoms. The monoisotopic (exact) mass is 306 g/mol. The fraction of sp³-hybridized carbons (Fsp3) is 0.588. The standard InChI is InChI=1S/C17H26N2O3/c1-13(4-5-14-6-8-15(22-2)9-7-14)19-16(20)18-12-17(21)10-3-11-17/h6-9,13,21H,3-5,10-12H2,1-2H3,(H2,18,19,20). The van der Waals surface area contributed by atoms with Crippen molar-refractivity contribution in [2.45, 2.75) is 50.7 Å². The summed E-state index contributed by atoms with van der Waals surface area (Å²) in [6.45, 7) is 2.32. The summed E-state index contributed by atoms with van der Waals surface area (Å²) in [7, 11) is 1.65. The number of benzene rings is 1. The summed E-state index contributed by atoms with van der Waals surface area (Å²) >= 11 is 0. The van der Waals surface area contributed by atoms with Gasteiger partial charge >= 0.3 is 6.03 Å². The molecule has 0 saturated heterocycles. The number of urea groups is 1. The summed E-state index contributed by atoms with van der Waals surface area (Å²) in [5.74, 6) is 0.850. The minimum atomic E-state index is -0.677. The maximum Gasteiger partial charge on any atom is 0.315 e. The van der Waals surface area contributed by atoms with Crippen molar-refractivity contribution in [3.8, 4) is 5.75 Å². The Morgan fingerprint density at radius 3 is 2.59 bits per heavy atom. The minimum Gasteiger partial charge on any atom is -0.497 e. The average Bonchev–Trinajstić information content (AvgIpc) is 2.49. The number of hydrogen-bond donors (Lipinski definition) is 3. The molecule has 2 amide bonds. The van der Waals surface area contributed by atoms with Crippen LogP contribution in [-0.2, 0) is 6.42 Å². The average molecular weight is 306 g/mol. The fourth-order valence-corrected chi connectivity index (χ4v) is 2.53. The molecule has 0 aliphatic heterocycles. The fourth-order valence-electron chi connectivity index (χ4n) is 2.53. The van der Waals surface area contributed by atoms with Crippen LogP contribution in [0.2, 0.25) is 0 Å². The molecule has 1 aromatic rings. The molecule has 2 rings (SSSR count). The SMILES string of the molecule is COc1ccc(CCC(C)NC(=O)NCC2(O)CCC2)cc1. The van der Waals surface area contributed by atoms with Crippen LogP contribution in [0, 0.1) is 0 Å². The van der Waals surface area contributed by atoms with Crippen molar-refractivity contribution in [1.82, 2.24) is 10.6 Å². The van der Waals surface area contributed by atoms with Gasteiger partial charge in [0.1, 0.15) is 5.75 Å². The number of amides is 2. The number of aryl methyl sites for hydroxylation is 1. The van der Waals surface area contributed by atoms with Gasteiger partial charge in [0.2, 0.25) is 0 Å². The third-order valence-electron chi connectivity index (χ3n) is 4.26. The van der Waals surface area contributed by atoms with Crippen LogP contribution in [-0.4, -0.2) is 36.4 Å². The van der Waals surface area contributed by atoms with Crippen LogP contribution in [0.15, 0.2) is 24.3 Å². The molecule has 5 nitrogen and oxygen atoms in total. The lowest BCUT2D eigenvalue weighted by Gasteiger charge is -2.36. The Balaban J connectivity index is 1.65. The smallest absolute Gasteiger partial charge is 0.315 e. The molecule has 1 saturated carbocycles. The van der Waals surface area contributed by atoms with Crippen molar-refractivity contribution in [2.24, 2.45) is 0 Å². The molecule has 1 unspecified atom stereocenters. The zero-order valence-electron chi connectivity index (χ0n) is 13.4. The highest BCUT2D eigenvalue weighted by Gasteiger charge is 2.34. The van der Waals surface area contributed by atoms with Crippen LogP contribution in [0.25, 0.3) is 0 Å². The number of ether oxygens (including phenoxy) is 1. The zero-order chi connectivity index (χ0) is 16.0. The van der Waals surface area contributed by atoms with E-state index in [0.717, 1.165) is 37.9 Å². The van der Waals surface area contributed by atoms with Gasteiger partial charge in [-0.2, -0.15) is 0 Å². The summed E-state index contributed by atoms with van der Waals surface area (Å²) in [5.41, 5.74) is 0.544. The topological polar surface area (TPSA) is 70.6 Å². The van der Waals surface area contributed by atoms with Gasteiger partial charge in [-0.15, -0.1) is 0 Å². The summed E-state index contributed by atoms with van der Waals surface area (Å²) in [5, 5.41) is 15.6. The maximum atomic E-state index is 11.8. The lowest BCUT2D eigenvalue weighted by Crippen LogP contribution is -2.51. The van der Waals surface area contributed by atoms with E-state index in [9.17, 15) is 9.90 Å². The second kappa shape index (κ2) is 7.49. The first-order chi connectivity index (χ1) is 10.5. The largest absolute Gasteiger partial charge is 0.497 e. The summed E-state index contributed by atoms with van der Waals surface area (Å²) < 4.78 is 5.13. The highest BCUT2D eigenvalue weighted by atomic mass is 16.5. The van der Waals surface area contributed by atoms with E-state index in [0.29, 0.717) is 6.54 Å². The van der Waals surface area contributed by atoms with Gasteiger partial charge in [0.15, 0.2) is 0 Å². The van der Waals surface area contributed by atoms with E-state index in [1.807, 2.05) is 31.2 Å². The van der Waals surface area contributed by atoms with Gasteiger partial charge in [0, 0.05) is 12.6 Å². The third kappa shape index (κ3) is 4.91. The first-order valence-corrected chi connectivity index (χ1v) is 7.90. The highest BCUT2D eigenvalue weighted by molar-refractivity contribution is 5.74. The number of aliphatic hydroxyl groups is 1. The van der Waals surface area contributed by atoms with Crippen LogP contribution >= 0.6 is 0 Å². The molecule has 1 atom stereocenters. The van der Waals surface area contributed by atoms with Gasteiger partial charge in [-0.25, -0.2) is 4.79 Å². The number of carbonyl (C=O) groups excluding carboxylic acids is 1. The van der Waals surface area contributed by atoms with Gasteiger partial charge in [0.25, 0.3) is 0 Å². The maximum absolute atomic E-state index is 11.8. The Kier molecular flexibility index (Phi) is 5.66. The molecule has 1 aromatic carbocycles. The molecular weight excluding hydrogens is 280 g/mol. The Labute approximate surface area is 132 Å². The van der Waals surface area contributed by atoms with Crippen LogP contribution in [0.3, 0.4) is 0 Å². The van der Waals surface area contributed by atoms with E-state index in [4.69, 9.17) is 4.74 Å². The van der Waals surface area contributed by atoms with E-state index in [-0.39, 0.29) is 12.1 Å². The second-order valence-electron chi connectivity index (χ2n) is 6.19. The van der Waals surface area contributed by atoms with Gasteiger partial charge in [-0.1, -0.05) is 12.1 Å². The Morgan fingerprint density at radius 1 is 1.36 bits per heavy atom. The Hall–Kier alpha value is -1.75. The lowest BCUT2D eigenvalue weighted by atomic mass is 9.80. The van der Waals surface area contributed by atoms with E-state index >= 15 is 0 Å². The predicted molar refractivity (Wildman–Crippen MR) is 86.1 cm³/mol. The van der Waals surface area contributed by atoms with Gasteiger partial charge in [-0.3, -0.25) is 0 Å². The molecule has 122 valence electrons. The third-order valence-corrected chi connectivity index (χ3v) is 4.26. The molecule has 0 bridgehead atoms. The van der Waals surface area contributed by atoms with Crippen molar-refractivity contribution in [1.29, 1.82) is 0 Å². The van der Waals surface area contributed by atoms with Crippen molar-refractivity contribution < 1.29 is 14.6 Å². The quantitative estimate of drug-likeness (QED) is 0.723. The Bertz CT molecular complexity index is 483. The molecular formula is C17H26N2O3. The van der Waals surface area contributed by atoms with Crippen molar-refractivity contribution in [3.05, 3.63) is 29.8 Å². The van der Waals surface area contributed by atoms with E-state index < -0.39 is 5.60 Å². The second-order valence-corrected chi connectivity index (χ2v) is 6.19. The van der Waals surface area contributed by atoms with Crippen molar-refractivity contribution in [2.75, 3.05) is 13.7 Å². The normalized spacial score (nSPS) is 17.2. The highest BCUT2D eigenvalue weighted by Crippen LogP contribution is 2.30. The molecule has 3 N–H and O–H groups in total. The van der Waals surface area contributed by atoms with Crippen LogP contribution in [0.1, 0.15) is 38.2 Å². The lowest BCUT2D eigenvalue weighted by molar-refractivity contribution is -0.0290.